The molecule has 6 heteroatoms. The second-order valence-corrected chi connectivity index (χ2v) is 7.07. The Balaban J connectivity index is 1.78. The van der Waals surface area contributed by atoms with Crippen LogP contribution < -0.4 is 15.8 Å². The van der Waals surface area contributed by atoms with E-state index in [-0.39, 0.29) is 11.2 Å². The molecule has 0 saturated carbocycles. The van der Waals surface area contributed by atoms with Crippen molar-refractivity contribution >= 4 is 29.3 Å². The summed E-state index contributed by atoms with van der Waals surface area (Å²) in [6, 6.07) is 7.51. The highest BCUT2D eigenvalue weighted by Gasteiger charge is 2.16. The average Bonchev–Trinajstić information content (AvgIpc) is 2.48. The molecule has 1 heterocycles. The van der Waals surface area contributed by atoms with Crippen LogP contribution in [0.25, 0.3) is 0 Å². The summed E-state index contributed by atoms with van der Waals surface area (Å²) in [5, 5.41) is 0.533. The van der Waals surface area contributed by atoms with Gasteiger partial charge in [-0.1, -0.05) is 11.6 Å². The number of hydrogen-bond acceptors (Lipinski definition) is 3. The Bertz CT molecular complexity index is 518. The minimum Gasteiger partial charge on any atom is -0.334 e. The molecular weight excluding hydrogens is 306 g/mol. The summed E-state index contributed by atoms with van der Waals surface area (Å²) in [4.78, 5) is 14.6. The van der Waals surface area contributed by atoms with Gasteiger partial charge in [-0.15, -0.1) is 11.8 Å². The third kappa shape index (κ3) is 5.26. The molecule has 1 aromatic carbocycles. The predicted molar refractivity (Wildman–Crippen MR) is 87.4 cm³/mol. The zero-order valence-corrected chi connectivity index (χ0v) is 13.9. The fourth-order valence-electron chi connectivity index (χ4n) is 1.98. The van der Waals surface area contributed by atoms with Gasteiger partial charge >= 0.3 is 0 Å². The first-order valence-corrected chi connectivity index (χ1v) is 8.29. The van der Waals surface area contributed by atoms with Crippen molar-refractivity contribution < 1.29 is 9.69 Å². The van der Waals surface area contributed by atoms with Crippen LogP contribution in [-0.2, 0) is 4.79 Å². The van der Waals surface area contributed by atoms with Gasteiger partial charge in [-0.05, 0) is 37.3 Å². The first-order valence-electron chi connectivity index (χ1n) is 7.03. The van der Waals surface area contributed by atoms with Gasteiger partial charge in [-0.25, -0.2) is 0 Å². The number of amides is 1. The summed E-state index contributed by atoms with van der Waals surface area (Å²) in [6.45, 7) is 3.97. The van der Waals surface area contributed by atoms with E-state index in [1.807, 2.05) is 31.2 Å². The zero-order valence-electron chi connectivity index (χ0n) is 12.3. The monoisotopic (exact) mass is 326 g/mol. The number of carbonyl (C=O) groups excluding carboxylic acids is 1. The van der Waals surface area contributed by atoms with E-state index in [2.05, 4.69) is 24.0 Å². The maximum atomic E-state index is 12.1. The van der Waals surface area contributed by atoms with Crippen molar-refractivity contribution in [2.45, 2.75) is 23.5 Å². The fourth-order valence-corrected chi connectivity index (χ4v) is 2.97. The Morgan fingerprint density at radius 2 is 2.10 bits per heavy atom. The third-order valence-electron chi connectivity index (χ3n) is 3.36. The number of rotatable bonds is 5. The van der Waals surface area contributed by atoms with Gasteiger partial charge in [0.2, 0.25) is 0 Å². The van der Waals surface area contributed by atoms with Crippen LogP contribution in [0.2, 0.25) is 5.02 Å². The first-order chi connectivity index (χ1) is 10.0. The van der Waals surface area contributed by atoms with Gasteiger partial charge in [-0.2, -0.15) is 0 Å². The van der Waals surface area contributed by atoms with Gasteiger partial charge in [0.05, 0.1) is 25.4 Å². The van der Waals surface area contributed by atoms with Crippen LogP contribution in [0.3, 0.4) is 0 Å². The molecule has 0 bridgehead atoms. The number of halogens is 1. The molecule has 114 valence electrons. The molecule has 0 spiro atoms. The predicted octanol–water partition coefficient (Wildman–Crippen LogP) is 1.24. The highest BCUT2D eigenvalue weighted by atomic mass is 35.5. The maximum Gasteiger partial charge on any atom is 0.251 e. The van der Waals surface area contributed by atoms with Crippen molar-refractivity contribution in [1.29, 1.82) is 0 Å². The second kappa shape index (κ2) is 7.73. The number of quaternary nitrogens is 1. The molecule has 1 aliphatic rings. The molecule has 3 N–H and O–H groups in total. The van der Waals surface area contributed by atoms with E-state index in [0.717, 1.165) is 30.1 Å². The quantitative estimate of drug-likeness (QED) is 0.563. The lowest BCUT2D eigenvalue weighted by Gasteiger charge is -2.21. The molecule has 0 fully saturated rings. The summed E-state index contributed by atoms with van der Waals surface area (Å²) in [5.74, 6) is -0.0258. The third-order valence-corrected chi connectivity index (χ3v) is 4.72. The minimum absolute atomic E-state index is 0.0258. The zero-order chi connectivity index (χ0) is 15.2. The van der Waals surface area contributed by atoms with E-state index in [1.165, 1.54) is 16.7 Å². The second-order valence-electron chi connectivity index (χ2n) is 5.22. The molecule has 1 aliphatic heterocycles. The summed E-state index contributed by atoms with van der Waals surface area (Å²) in [6.07, 6.45) is 3.10. The van der Waals surface area contributed by atoms with Crippen LogP contribution in [0.1, 0.15) is 13.3 Å². The van der Waals surface area contributed by atoms with Gasteiger partial charge in [0.15, 0.2) is 0 Å². The molecule has 0 aromatic heterocycles. The average molecular weight is 327 g/mol. The Labute approximate surface area is 134 Å². The van der Waals surface area contributed by atoms with Gasteiger partial charge < -0.3 is 10.3 Å². The molecule has 0 aliphatic carbocycles. The van der Waals surface area contributed by atoms with Crippen LogP contribution in [0.4, 0.5) is 0 Å². The first kappa shape index (κ1) is 16.2. The standard InChI is InChI=1S/C15H20ClN3OS/c1-11(21-14-5-3-12(16)4-6-14)15(20)18-17-13-7-9-19(2)10-8-13/h3-7,11,17H,8-10H2,1-2H3,(H,18,20)/p+1. The molecule has 0 saturated heterocycles. The van der Waals surface area contributed by atoms with Gasteiger partial charge in [-0.3, -0.25) is 10.2 Å². The number of benzene rings is 1. The Morgan fingerprint density at radius 3 is 2.71 bits per heavy atom. The van der Waals surface area contributed by atoms with Crippen LogP contribution in [0.15, 0.2) is 40.9 Å². The summed E-state index contributed by atoms with van der Waals surface area (Å²) >= 11 is 7.36. The molecule has 2 rings (SSSR count). The Hall–Kier alpha value is -1.17. The smallest absolute Gasteiger partial charge is 0.251 e. The largest absolute Gasteiger partial charge is 0.334 e. The molecule has 1 aromatic rings. The molecule has 2 unspecified atom stereocenters. The van der Waals surface area contributed by atoms with Gasteiger partial charge in [0.25, 0.3) is 5.91 Å². The molecular formula is C15H21ClN3OS+. The Morgan fingerprint density at radius 1 is 1.38 bits per heavy atom. The lowest BCUT2D eigenvalue weighted by atomic mass is 10.2. The van der Waals surface area contributed by atoms with E-state index in [4.69, 9.17) is 11.6 Å². The molecule has 0 radical (unpaired) electrons. The highest BCUT2D eigenvalue weighted by molar-refractivity contribution is 8.00. The number of hydrazine groups is 1. The lowest BCUT2D eigenvalue weighted by molar-refractivity contribution is -0.875. The number of carbonyl (C=O) groups is 1. The SMILES string of the molecule is CC(Sc1ccc(Cl)cc1)C(=O)NNC1=CC[NH+](C)CC1. The summed E-state index contributed by atoms with van der Waals surface area (Å²) in [5.41, 5.74) is 6.91. The van der Waals surface area contributed by atoms with Crippen LogP contribution in [0.5, 0.6) is 0 Å². The normalized spacial score (nSPS) is 19.6. The van der Waals surface area contributed by atoms with Crippen molar-refractivity contribution in [2.75, 3.05) is 20.1 Å². The van der Waals surface area contributed by atoms with Crippen LogP contribution >= 0.6 is 23.4 Å². The van der Waals surface area contributed by atoms with Crippen molar-refractivity contribution in [3.05, 3.63) is 41.1 Å². The number of hydrogen-bond donors (Lipinski definition) is 3. The number of thioether (sulfide) groups is 1. The van der Waals surface area contributed by atoms with Crippen molar-refractivity contribution in [1.82, 2.24) is 10.9 Å². The maximum absolute atomic E-state index is 12.1. The number of nitrogens with one attached hydrogen (secondary N) is 3. The van der Waals surface area contributed by atoms with E-state index >= 15 is 0 Å². The topological polar surface area (TPSA) is 45.6 Å². The molecule has 2 atom stereocenters. The van der Waals surface area contributed by atoms with E-state index in [0.29, 0.717) is 5.02 Å². The van der Waals surface area contributed by atoms with Gasteiger partial charge in [0, 0.05) is 22.0 Å². The summed E-state index contributed by atoms with van der Waals surface area (Å²) in [7, 11) is 2.16. The molecule has 1 amide bonds. The van der Waals surface area contributed by atoms with Crippen LogP contribution in [0, 0.1) is 0 Å². The molecule has 21 heavy (non-hydrogen) atoms. The number of likely N-dealkylation sites (N-methyl/N-ethyl adjacent to an activating group) is 1. The van der Waals surface area contributed by atoms with E-state index in [9.17, 15) is 4.79 Å². The highest BCUT2D eigenvalue weighted by Crippen LogP contribution is 2.24. The minimum atomic E-state index is -0.170. The van der Waals surface area contributed by atoms with E-state index < -0.39 is 0 Å². The lowest BCUT2D eigenvalue weighted by Crippen LogP contribution is -3.09. The van der Waals surface area contributed by atoms with Gasteiger partial charge in [0.1, 0.15) is 0 Å². The van der Waals surface area contributed by atoms with Crippen LogP contribution in [-0.4, -0.2) is 31.3 Å². The van der Waals surface area contributed by atoms with Crippen molar-refractivity contribution in [3.63, 3.8) is 0 Å². The fraction of sp³-hybridized carbons (Fsp3) is 0.400. The van der Waals surface area contributed by atoms with Crippen molar-refractivity contribution in [3.8, 4) is 0 Å². The van der Waals surface area contributed by atoms with Crippen molar-refractivity contribution in [2.24, 2.45) is 0 Å². The molecule has 4 nitrogen and oxygen atoms in total. The summed E-state index contributed by atoms with van der Waals surface area (Å²) < 4.78 is 0. The Kier molecular flexibility index (Phi) is 5.96. The van der Waals surface area contributed by atoms with E-state index in [1.54, 1.807) is 0 Å².